The lowest BCUT2D eigenvalue weighted by molar-refractivity contribution is -0.127. The smallest absolute Gasteiger partial charge is 0.220 e. The first-order chi connectivity index (χ1) is 24.8. The fraction of sp³-hybridized carbons (Fsp3) is 0.220. The first-order valence-corrected chi connectivity index (χ1v) is 16.7. The molecule has 0 heterocycles. The molecule has 51 heavy (non-hydrogen) atoms. The SMILES string of the molecule is CC(COc1ccc(Oc2ccc(O)cc2)cc1)NC(=O)CCC(=O)NC(C)COc1ccc(Oc2ccc(OCc3ccccc3)cc2)cc1. The molecule has 10 nitrogen and oxygen atoms in total. The average Bonchev–Trinajstić information content (AvgIpc) is 3.14. The summed E-state index contributed by atoms with van der Waals surface area (Å²) in [6.45, 7) is 4.70. The van der Waals surface area contributed by atoms with E-state index >= 15 is 0 Å². The van der Waals surface area contributed by atoms with Crippen molar-refractivity contribution in [2.45, 2.75) is 45.4 Å². The van der Waals surface area contributed by atoms with Crippen molar-refractivity contribution in [3.63, 3.8) is 0 Å². The van der Waals surface area contributed by atoms with Gasteiger partial charge in [0, 0.05) is 12.8 Å². The van der Waals surface area contributed by atoms with Crippen molar-refractivity contribution in [1.29, 1.82) is 0 Å². The maximum atomic E-state index is 12.4. The molecule has 0 aliphatic rings. The number of hydrogen-bond donors (Lipinski definition) is 3. The molecule has 5 aromatic carbocycles. The number of nitrogens with one attached hydrogen (secondary N) is 2. The molecule has 5 aromatic rings. The Labute approximate surface area is 297 Å². The number of phenols is 1. The van der Waals surface area contributed by atoms with E-state index in [1.165, 1.54) is 0 Å². The van der Waals surface area contributed by atoms with Gasteiger partial charge in [-0.05, 0) is 116 Å². The molecule has 2 amide bonds. The summed E-state index contributed by atoms with van der Waals surface area (Å²) in [5.41, 5.74) is 1.10. The number of amides is 2. The normalized spacial score (nSPS) is 11.8. The zero-order valence-corrected chi connectivity index (χ0v) is 28.6. The Morgan fingerprint density at radius 1 is 0.510 bits per heavy atom. The van der Waals surface area contributed by atoms with Gasteiger partial charge in [0.1, 0.15) is 65.8 Å². The average molecular weight is 691 g/mol. The van der Waals surface area contributed by atoms with Crippen LogP contribution in [0.3, 0.4) is 0 Å². The number of ether oxygens (including phenoxy) is 5. The van der Waals surface area contributed by atoms with E-state index in [-0.39, 0.29) is 55.7 Å². The molecule has 2 atom stereocenters. The lowest BCUT2D eigenvalue weighted by atomic mass is 10.2. The van der Waals surface area contributed by atoms with E-state index in [9.17, 15) is 14.7 Å². The molecule has 5 rings (SSSR count). The van der Waals surface area contributed by atoms with Crippen molar-refractivity contribution in [3.05, 3.63) is 133 Å². The fourth-order valence-electron chi connectivity index (χ4n) is 4.79. The lowest BCUT2D eigenvalue weighted by Gasteiger charge is -2.17. The van der Waals surface area contributed by atoms with E-state index in [0.717, 1.165) is 11.3 Å². The monoisotopic (exact) mass is 690 g/mol. The van der Waals surface area contributed by atoms with Crippen LogP contribution in [0.2, 0.25) is 0 Å². The van der Waals surface area contributed by atoms with Crippen LogP contribution in [0.1, 0.15) is 32.3 Å². The van der Waals surface area contributed by atoms with Crippen LogP contribution >= 0.6 is 0 Å². The van der Waals surface area contributed by atoms with Gasteiger partial charge in [-0.15, -0.1) is 0 Å². The van der Waals surface area contributed by atoms with E-state index in [2.05, 4.69) is 10.6 Å². The van der Waals surface area contributed by atoms with Crippen molar-refractivity contribution >= 4 is 11.8 Å². The van der Waals surface area contributed by atoms with Crippen molar-refractivity contribution in [2.75, 3.05) is 13.2 Å². The third-order valence-electron chi connectivity index (χ3n) is 7.42. The summed E-state index contributed by atoms with van der Waals surface area (Å²) < 4.78 is 29.1. The minimum absolute atomic E-state index is 0.0535. The zero-order valence-electron chi connectivity index (χ0n) is 28.6. The molecule has 0 saturated heterocycles. The van der Waals surface area contributed by atoms with Crippen LogP contribution in [0.25, 0.3) is 0 Å². The predicted octanol–water partition coefficient (Wildman–Crippen LogP) is 7.80. The number of aromatic hydroxyl groups is 1. The van der Waals surface area contributed by atoms with Gasteiger partial charge in [0.15, 0.2) is 0 Å². The van der Waals surface area contributed by atoms with Crippen molar-refractivity contribution < 1.29 is 38.4 Å². The van der Waals surface area contributed by atoms with Crippen LogP contribution in [0.4, 0.5) is 0 Å². The van der Waals surface area contributed by atoms with Crippen molar-refractivity contribution in [2.24, 2.45) is 0 Å². The molecular weight excluding hydrogens is 648 g/mol. The minimum Gasteiger partial charge on any atom is -0.508 e. The number of carbonyl (C=O) groups is 2. The van der Waals surface area contributed by atoms with Crippen molar-refractivity contribution in [1.82, 2.24) is 10.6 Å². The van der Waals surface area contributed by atoms with Crippen molar-refractivity contribution in [3.8, 4) is 46.0 Å². The molecule has 0 saturated carbocycles. The molecule has 10 heteroatoms. The summed E-state index contributed by atoms with van der Waals surface area (Å²) in [5.74, 6) is 4.29. The van der Waals surface area contributed by atoms with Gasteiger partial charge in [-0.1, -0.05) is 30.3 Å². The standard InChI is InChI=1S/C41H42N2O8/c1-29(26-47-33-12-18-37(19-13-33)50-36-10-8-32(44)9-11-36)42-40(45)24-25-41(46)43-30(2)27-48-34-14-20-38(21-15-34)51-39-22-16-35(17-23-39)49-28-31-6-4-3-5-7-31/h3-23,29-30,44H,24-28H2,1-2H3,(H,42,45)(H,43,46). The maximum absolute atomic E-state index is 12.4. The van der Waals surface area contributed by atoms with Gasteiger partial charge in [0.05, 0.1) is 12.1 Å². The summed E-state index contributed by atoms with van der Waals surface area (Å²) >= 11 is 0. The Kier molecular flexibility index (Phi) is 13.1. The molecule has 264 valence electrons. The second kappa shape index (κ2) is 18.6. The van der Waals surface area contributed by atoms with Gasteiger partial charge >= 0.3 is 0 Å². The first kappa shape index (κ1) is 36.1. The molecule has 0 aliphatic heterocycles. The summed E-state index contributed by atoms with van der Waals surface area (Å²) in [6, 6.07) is 37.7. The van der Waals surface area contributed by atoms with Gasteiger partial charge in [-0.25, -0.2) is 0 Å². The fourth-order valence-corrected chi connectivity index (χ4v) is 4.79. The van der Waals surface area contributed by atoms with Crippen LogP contribution < -0.4 is 34.3 Å². The topological polar surface area (TPSA) is 125 Å². The minimum atomic E-state index is -0.261. The van der Waals surface area contributed by atoms with Gasteiger partial charge in [0.25, 0.3) is 0 Å². The van der Waals surface area contributed by atoms with Gasteiger partial charge < -0.3 is 39.4 Å². The Balaban J connectivity index is 0.930. The van der Waals surface area contributed by atoms with Gasteiger partial charge in [-0.2, -0.15) is 0 Å². The van der Waals surface area contributed by atoms with Crippen LogP contribution in [-0.4, -0.2) is 42.2 Å². The Morgan fingerprint density at radius 3 is 1.27 bits per heavy atom. The lowest BCUT2D eigenvalue weighted by Crippen LogP contribution is -2.39. The van der Waals surface area contributed by atoms with E-state index in [1.54, 1.807) is 60.7 Å². The van der Waals surface area contributed by atoms with E-state index in [0.29, 0.717) is 41.1 Å². The first-order valence-electron chi connectivity index (χ1n) is 16.7. The highest BCUT2D eigenvalue weighted by atomic mass is 16.5. The number of carbonyl (C=O) groups excluding carboxylic acids is 2. The number of benzene rings is 5. The van der Waals surface area contributed by atoms with Gasteiger partial charge in [-0.3, -0.25) is 9.59 Å². The number of hydrogen-bond acceptors (Lipinski definition) is 8. The molecule has 0 fully saturated rings. The highest BCUT2D eigenvalue weighted by Crippen LogP contribution is 2.27. The maximum Gasteiger partial charge on any atom is 0.220 e. The van der Waals surface area contributed by atoms with Crippen LogP contribution in [0, 0.1) is 0 Å². The number of rotatable bonds is 18. The Bertz CT molecular complexity index is 1800. The molecule has 0 radical (unpaired) electrons. The van der Waals surface area contributed by atoms with Crippen LogP contribution in [-0.2, 0) is 16.2 Å². The summed E-state index contributed by atoms with van der Waals surface area (Å²) in [5, 5.41) is 15.1. The molecule has 0 aliphatic carbocycles. The van der Waals surface area contributed by atoms with Crippen LogP contribution in [0.15, 0.2) is 127 Å². The Morgan fingerprint density at radius 2 is 0.863 bits per heavy atom. The third-order valence-corrected chi connectivity index (χ3v) is 7.42. The quantitative estimate of drug-likeness (QED) is 0.0851. The summed E-state index contributed by atoms with van der Waals surface area (Å²) in [4.78, 5) is 24.9. The predicted molar refractivity (Wildman–Crippen MR) is 194 cm³/mol. The highest BCUT2D eigenvalue weighted by Gasteiger charge is 2.13. The zero-order chi connectivity index (χ0) is 35.8. The van der Waals surface area contributed by atoms with Crippen LogP contribution in [0.5, 0.6) is 46.0 Å². The molecule has 3 N–H and O–H groups in total. The number of phenolic OH excluding ortho intramolecular Hbond substituents is 1. The third kappa shape index (κ3) is 12.7. The summed E-state index contributed by atoms with van der Waals surface area (Å²) in [7, 11) is 0. The molecule has 2 unspecified atom stereocenters. The largest absolute Gasteiger partial charge is 0.508 e. The Hall–Kier alpha value is -6.16. The van der Waals surface area contributed by atoms with Gasteiger partial charge in [0.2, 0.25) is 11.8 Å². The molecule has 0 aromatic heterocycles. The molecule has 0 spiro atoms. The molecular formula is C41H42N2O8. The second-order valence-electron chi connectivity index (χ2n) is 11.9. The van der Waals surface area contributed by atoms with E-state index in [4.69, 9.17) is 23.7 Å². The second-order valence-corrected chi connectivity index (χ2v) is 11.9. The van der Waals surface area contributed by atoms with E-state index < -0.39 is 0 Å². The summed E-state index contributed by atoms with van der Waals surface area (Å²) in [6.07, 6.45) is 0.107. The van der Waals surface area contributed by atoms with E-state index in [1.807, 2.05) is 80.6 Å². The highest BCUT2D eigenvalue weighted by molar-refractivity contribution is 5.84. The molecule has 0 bridgehead atoms.